The highest BCUT2D eigenvalue weighted by Gasteiger charge is 2.40. The summed E-state index contributed by atoms with van der Waals surface area (Å²) in [6.07, 6.45) is 8.33. The normalized spacial score (nSPS) is 24.0. The Morgan fingerprint density at radius 2 is 2.14 bits per heavy atom. The Hall–Kier alpha value is -1.13. The van der Waals surface area contributed by atoms with Crippen molar-refractivity contribution in [1.29, 1.82) is 0 Å². The Morgan fingerprint density at radius 1 is 1.24 bits per heavy atom. The van der Waals surface area contributed by atoms with Gasteiger partial charge in [0.15, 0.2) is 0 Å². The zero-order valence-corrected chi connectivity index (χ0v) is 13.6. The molecule has 0 amide bonds. The molecular weight excluding hydrogens is 326 g/mol. The van der Waals surface area contributed by atoms with Crippen LogP contribution in [-0.2, 0) is 0 Å². The number of nitrogens with zero attached hydrogens (tertiary/aromatic N) is 1. The molecule has 1 aliphatic heterocycles. The number of rotatable bonds is 2. The molecule has 2 N–H and O–H groups in total. The molecule has 1 atom stereocenters. The van der Waals surface area contributed by atoms with E-state index in [1.807, 2.05) is 6.20 Å². The van der Waals surface area contributed by atoms with Gasteiger partial charge >= 0.3 is 0 Å². The lowest BCUT2D eigenvalue weighted by Gasteiger charge is -2.48. The van der Waals surface area contributed by atoms with E-state index in [0.29, 0.717) is 11.6 Å². The third-order valence-electron chi connectivity index (χ3n) is 5.03. The molecule has 1 spiro atoms. The van der Waals surface area contributed by atoms with Crippen molar-refractivity contribution in [3.63, 3.8) is 0 Å². The number of aromatic nitrogens is 1. The molecule has 0 bridgehead atoms. The van der Waals surface area contributed by atoms with Gasteiger partial charge in [-0.05, 0) is 50.8 Å². The van der Waals surface area contributed by atoms with Crippen LogP contribution in [0.5, 0.6) is 0 Å². The zero-order valence-electron chi connectivity index (χ0n) is 12.0. The Labute approximate surface area is 133 Å². The smallest absolute Gasteiger partial charge is 0.134 e. The first kappa shape index (κ1) is 13.5. The van der Waals surface area contributed by atoms with Crippen molar-refractivity contribution < 1.29 is 0 Å². The summed E-state index contributed by atoms with van der Waals surface area (Å²) in [4.78, 5) is 4.58. The minimum absolute atomic E-state index is 0.418. The van der Waals surface area contributed by atoms with Gasteiger partial charge in [-0.1, -0.05) is 28.1 Å². The zero-order chi connectivity index (χ0) is 14.3. The van der Waals surface area contributed by atoms with Gasteiger partial charge < -0.3 is 10.6 Å². The molecule has 4 heteroatoms. The van der Waals surface area contributed by atoms with Gasteiger partial charge in [0, 0.05) is 33.0 Å². The number of anilines is 1. The van der Waals surface area contributed by atoms with E-state index in [1.54, 1.807) is 0 Å². The summed E-state index contributed by atoms with van der Waals surface area (Å²) < 4.78 is 1.13. The summed E-state index contributed by atoms with van der Waals surface area (Å²) in [7, 11) is 0. The minimum Gasteiger partial charge on any atom is -0.367 e. The Balaban J connectivity index is 1.61. The number of nitrogens with one attached hydrogen (secondary N) is 2. The number of hydrogen-bond donors (Lipinski definition) is 2. The Morgan fingerprint density at radius 3 is 2.95 bits per heavy atom. The van der Waals surface area contributed by atoms with E-state index in [0.717, 1.165) is 16.8 Å². The molecule has 0 radical (unpaired) electrons. The van der Waals surface area contributed by atoms with E-state index in [2.05, 4.69) is 55.8 Å². The third-order valence-corrected chi connectivity index (χ3v) is 5.73. The molecule has 1 saturated carbocycles. The predicted molar refractivity (Wildman–Crippen MR) is 90.7 cm³/mol. The van der Waals surface area contributed by atoms with Crippen LogP contribution in [0.4, 0.5) is 5.82 Å². The lowest BCUT2D eigenvalue weighted by Crippen LogP contribution is -2.58. The fourth-order valence-corrected chi connectivity index (χ4v) is 4.24. The van der Waals surface area contributed by atoms with Crippen molar-refractivity contribution >= 4 is 32.5 Å². The van der Waals surface area contributed by atoms with Crippen LogP contribution in [0, 0.1) is 0 Å². The first-order valence-electron chi connectivity index (χ1n) is 7.81. The maximum absolute atomic E-state index is 4.58. The maximum atomic E-state index is 4.58. The van der Waals surface area contributed by atoms with Gasteiger partial charge in [0.1, 0.15) is 5.82 Å². The van der Waals surface area contributed by atoms with E-state index in [4.69, 9.17) is 0 Å². The van der Waals surface area contributed by atoms with Crippen LogP contribution in [-0.4, -0.2) is 23.1 Å². The number of hydrogen-bond acceptors (Lipinski definition) is 3. The predicted octanol–water partition coefficient (Wildman–Crippen LogP) is 4.08. The number of benzene rings is 1. The molecule has 1 unspecified atom stereocenters. The van der Waals surface area contributed by atoms with E-state index in [1.165, 1.54) is 42.9 Å². The summed E-state index contributed by atoms with van der Waals surface area (Å²) >= 11 is 3.63. The van der Waals surface area contributed by atoms with Gasteiger partial charge in [0.2, 0.25) is 0 Å². The standard InChI is InChI=1S/C17H20BrN3/c18-15-4-1-3-14-13(15)6-9-19-16(14)21-12-5-10-20-17(11-12)7-2-8-17/h1,3-4,6,9,12,20H,2,5,7-8,10-11H2,(H,19,21). The lowest BCUT2D eigenvalue weighted by molar-refractivity contribution is 0.135. The molecule has 21 heavy (non-hydrogen) atoms. The minimum atomic E-state index is 0.418. The Bertz CT molecular complexity index is 666. The molecule has 2 heterocycles. The molecule has 2 aromatic rings. The van der Waals surface area contributed by atoms with Crippen LogP contribution in [0.3, 0.4) is 0 Å². The first-order chi connectivity index (χ1) is 10.3. The molecule has 4 rings (SSSR count). The second-order valence-corrected chi connectivity index (χ2v) is 7.24. The van der Waals surface area contributed by atoms with E-state index in [9.17, 15) is 0 Å². The second-order valence-electron chi connectivity index (χ2n) is 6.39. The lowest BCUT2D eigenvalue weighted by atomic mass is 9.70. The third kappa shape index (κ3) is 2.44. The molecule has 1 aromatic carbocycles. The van der Waals surface area contributed by atoms with Crippen molar-refractivity contribution in [2.45, 2.75) is 43.7 Å². The quantitative estimate of drug-likeness (QED) is 0.860. The van der Waals surface area contributed by atoms with E-state index < -0.39 is 0 Å². The van der Waals surface area contributed by atoms with Crippen molar-refractivity contribution in [3.05, 3.63) is 34.9 Å². The second kappa shape index (κ2) is 5.25. The Kier molecular flexibility index (Phi) is 3.38. The fourth-order valence-electron chi connectivity index (χ4n) is 3.74. The molecule has 3 nitrogen and oxygen atoms in total. The van der Waals surface area contributed by atoms with Crippen LogP contribution >= 0.6 is 15.9 Å². The van der Waals surface area contributed by atoms with Gasteiger partial charge in [-0.15, -0.1) is 0 Å². The summed E-state index contributed by atoms with van der Waals surface area (Å²) in [6.45, 7) is 1.12. The first-order valence-corrected chi connectivity index (χ1v) is 8.60. The van der Waals surface area contributed by atoms with Gasteiger partial charge in [-0.3, -0.25) is 0 Å². The van der Waals surface area contributed by atoms with Crippen LogP contribution in [0.15, 0.2) is 34.9 Å². The van der Waals surface area contributed by atoms with Gasteiger partial charge in [-0.25, -0.2) is 4.98 Å². The van der Waals surface area contributed by atoms with Crippen LogP contribution in [0.25, 0.3) is 10.8 Å². The highest BCUT2D eigenvalue weighted by molar-refractivity contribution is 9.10. The topological polar surface area (TPSA) is 37.0 Å². The SMILES string of the molecule is Brc1cccc2c(NC3CCNC4(CCC4)C3)nccc12. The molecule has 1 aromatic heterocycles. The molecule has 1 saturated heterocycles. The van der Waals surface area contributed by atoms with Crippen LogP contribution in [0.1, 0.15) is 32.1 Å². The maximum Gasteiger partial charge on any atom is 0.134 e. The number of piperidine rings is 1. The van der Waals surface area contributed by atoms with Gasteiger partial charge in [0.25, 0.3) is 0 Å². The highest BCUT2D eigenvalue weighted by Crippen LogP contribution is 2.39. The van der Waals surface area contributed by atoms with E-state index >= 15 is 0 Å². The molecule has 2 aliphatic rings. The summed E-state index contributed by atoms with van der Waals surface area (Å²) in [5, 5.41) is 9.85. The molecule has 110 valence electrons. The van der Waals surface area contributed by atoms with Crippen molar-refractivity contribution in [2.75, 3.05) is 11.9 Å². The summed E-state index contributed by atoms with van der Waals surface area (Å²) in [5.41, 5.74) is 0.418. The van der Waals surface area contributed by atoms with Crippen molar-refractivity contribution in [3.8, 4) is 0 Å². The largest absolute Gasteiger partial charge is 0.367 e. The molecule has 1 aliphatic carbocycles. The van der Waals surface area contributed by atoms with Crippen molar-refractivity contribution in [1.82, 2.24) is 10.3 Å². The van der Waals surface area contributed by atoms with E-state index in [-0.39, 0.29) is 0 Å². The monoisotopic (exact) mass is 345 g/mol. The average molecular weight is 346 g/mol. The average Bonchev–Trinajstić information content (AvgIpc) is 2.47. The number of halogens is 1. The van der Waals surface area contributed by atoms with Crippen LogP contribution < -0.4 is 10.6 Å². The fraction of sp³-hybridized carbons (Fsp3) is 0.471. The summed E-state index contributed by atoms with van der Waals surface area (Å²) in [5.74, 6) is 1.02. The number of pyridine rings is 1. The molecular formula is C17H20BrN3. The highest BCUT2D eigenvalue weighted by atomic mass is 79.9. The number of fused-ring (bicyclic) bond motifs is 1. The molecule has 2 fully saturated rings. The van der Waals surface area contributed by atoms with Gasteiger partial charge in [0.05, 0.1) is 0 Å². The van der Waals surface area contributed by atoms with Crippen molar-refractivity contribution in [2.24, 2.45) is 0 Å². The summed E-state index contributed by atoms with van der Waals surface area (Å²) in [6, 6.07) is 8.91. The van der Waals surface area contributed by atoms with Gasteiger partial charge in [-0.2, -0.15) is 0 Å². The van der Waals surface area contributed by atoms with Crippen LogP contribution in [0.2, 0.25) is 0 Å².